The Hall–Kier alpha value is -9.38. The average molecular weight is 955 g/mol. The number of aryl methyl sites for hydroxylation is 3. The van der Waals surface area contributed by atoms with E-state index in [0.717, 1.165) is 85.8 Å². The molecule has 0 unspecified atom stereocenters. The molecular formula is C70H58N4. The molecule has 0 radical (unpaired) electrons. The molecule has 0 aliphatic carbocycles. The van der Waals surface area contributed by atoms with Crippen molar-refractivity contribution in [3.05, 3.63) is 313 Å². The summed E-state index contributed by atoms with van der Waals surface area (Å²) in [5.74, 6) is 0. The molecule has 0 aliphatic heterocycles. The van der Waals surface area contributed by atoms with E-state index >= 15 is 0 Å². The van der Waals surface area contributed by atoms with Crippen LogP contribution < -0.4 is 19.6 Å². The van der Waals surface area contributed by atoms with Crippen LogP contribution in [-0.2, 0) is 6.42 Å². The van der Waals surface area contributed by atoms with Crippen molar-refractivity contribution in [2.24, 2.45) is 0 Å². The molecule has 0 spiro atoms. The Morgan fingerprint density at radius 2 is 0.432 bits per heavy atom. The monoisotopic (exact) mass is 954 g/mol. The number of rotatable bonds is 15. The smallest absolute Gasteiger partial charge is 0.0482 e. The van der Waals surface area contributed by atoms with Gasteiger partial charge in [-0.15, -0.1) is 0 Å². The van der Waals surface area contributed by atoms with Crippen molar-refractivity contribution in [2.75, 3.05) is 19.6 Å². The molecule has 358 valence electrons. The number of nitrogens with zero attached hydrogens (tertiary/aromatic N) is 4. The first-order valence-corrected chi connectivity index (χ1v) is 25.4. The van der Waals surface area contributed by atoms with Gasteiger partial charge in [-0.1, -0.05) is 162 Å². The molecule has 0 N–H and O–H groups in total. The molecule has 0 saturated carbocycles. The van der Waals surface area contributed by atoms with E-state index in [1.165, 1.54) is 27.8 Å². The quantitative estimate of drug-likeness (QED) is 0.101. The van der Waals surface area contributed by atoms with Gasteiger partial charge in [-0.05, 0) is 189 Å². The zero-order chi connectivity index (χ0) is 50.2. The first-order chi connectivity index (χ1) is 36.4. The van der Waals surface area contributed by atoms with Gasteiger partial charge in [0.2, 0.25) is 0 Å². The third-order valence-corrected chi connectivity index (χ3v) is 13.6. The van der Waals surface area contributed by atoms with Gasteiger partial charge in [-0.3, -0.25) is 0 Å². The molecule has 11 rings (SSSR count). The van der Waals surface area contributed by atoms with Gasteiger partial charge in [0, 0.05) is 68.2 Å². The van der Waals surface area contributed by atoms with Crippen molar-refractivity contribution in [3.8, 4) is 11.1 Å². The van der Waals surface area contributed by atoms with E-state index in [9.17, 15) is 0 Å². The highest BCUT2D eigenvalue weighted by molar-refractivity contribution is 5.85. The Kier molecular flexibility index (Phi) is 13.7. The zero-order valence-corrected chi connectivity index (χ0v) is 42.1. The fourth-order valence-electron chi connectivity index (χ4n) is 9.78. The highest BCUT2D eigenvalue weighted by atomic mass is 15.2. The minimum absolute atomic E-state index is 0.808. The van der Waals surface area contributed by atoms with Crippen LogP contribution in [0, 0.1) is 20.8 Å². The number of benzene rings is 11. The van der Waals surface area contributed by atoms with E-state index in [-0.39, 0.29) is 0 Å². The molecule has 0 amide bonds. The van der Waals surface area contributed by atoms with Crippen LogP contribution >= 0.6 is 0 Å². The maximum absolute atomic E-state index is 2.36. The molecule has 4 nitrogen and oxygen atoms in total. The molecule has 74 heavy (non-hydrogen) atoms. The van der Waals surface area contributed by atoms with Crippen molar-refractivity contribution in [1.82, 2.24) is 0 Å². The Labute approximate surface area is 437 Å². The predicted octanol–water partition coefficient (Wildman–Crippen LogP) is 19.7. The normalized spacial score (nSPS) is 11.0. The lowest BCUT2D eigenvalue weighted by Gasteiger charge is -2.29. The van der Waals surface area contributed by atoms with Crippen molar-refractivity contribution >= 4 is 68.2 Å². The van der Waals surface area contributed by atoms with Crippen LogP contribution in [0.15, 0.2) is 285 Å². The van der Waals surface area contributed by atoms with Crippen LogP contribution in [-0.4, -0.2) is 0 Å². The molecule has 0 aliphatic rings. The Balaban J connectivity index is 0.869. The lowest BCUT2D eigenvalue weighted by molar-refractivity contribution is 1.18. The SMILES string of the molecule is Cc1ccc(N(c2ccc(C)cc2)c2cccc(N(c3ccc(C)cc3)c3ccc(Cc4ccc(N(c5ccccc5)c5cccc(-c6cccc(N(c7ccccc7)c7ccccc7)c6)c5)cc4)cc3)c2)cc1. The molecule has 0 heterocycles. The van der Waals surface area contributed by atoms with Crippen LogP contribution in [0.5, 0.6) is 0 Å². The third-order valence-electron chi connectivity index (χ3n) is 13.6. The van der Waals surface area contributed by atoms with Gasteiger partial charge in [0.05, 0.1) is 0 Å². The van der Waals surface area contributed by atoms with Crippen LogP contribution in [0.4, 0.5) is 68.2 Å². The molecule has 11 aromatic rings. The molecule has 0 saturated heterocycles. The predicted molar refractivity (Wildman–Crippen MR) is 314 cm³/mol. The van der Waals surface area contributed by atoms with Gasteiger partial charge in [0.25, 0.3) is 0 Å². The molecule has 0 fully saturated rings. The first kappa shape index (κ1) is 47.0. The van der Waals surface area contributed by atoms with Crippen LogP contribution in [0.25, 0.3) is 11.1 Å². The first-order valence-electron chi connectivity index (χ1n) is 25.4. The third kappa shape index (κ3) is 10.5. The van der Waals surface area contributed by atoms with Crippen molar-refractivity contribution in [2.45, 2.75) is 27.2 Å². The number of para-hydroxylation sites is 3. The Bertz CT molecular complexity index is 3490. The van der Waals surface area contributed by atoms with Gasteiger partial charge >= 0.3 is 0 Å². The van der Waals surface area contributed by atoms with Crippen molar-refractivity contribution in [3.63, 3.8) is 0 Å². The molecule has 11 aromatic carbocycles. The highest BCUT2D eigenvalue weighted by Crippen LogP contribution is 2.42. The standard InChI is InChI=1S/C70H58N4/c1-52-28-38-62(39-29-52)73(63-40-30-53(2)31-41-63)69-26-15-27-70(51-69)74(64-42-32-54(3)33-43-64)66-46-36-56(37-47-66)48-55-34-44-65(45-35-55)72(61-22-11-6-12-23-61)68-25-14-17-58(50-68)57-16-13-24-67(49-57)71(59-18-7-4-8-19-59)60-20-9-5-10-21-60/h4-47,49-51H,48H2,1-3H3. The molecule has 4 heteroatoms. The minimum atomic E-state index is 0.808. The fraction of sp³-hybridized carbons (Fsp3) is 0.0571. The summed E-state index contributed by atoms with van der Waals surface area (Å²) in [4.78, 5) is 9.36. The maximum atomic E-state index is 2.36. The van der Waals surface area contributed by atoms with Crippen molar-refractivity contribution in [1.29, 1.82) is 0 Å². The summed E-state index contributed by atoms with van der Waals surface area (Å²) < 4.78 is 0. The van der Waals surface area contributed by atoms with Gasteiger partial charge in [-0.2, -0.15) is 0 Å². The topological polar surface area (TPSA) is 13.0 Å². The van der Waals surface area contributed by atoms with Gasteiger partial charge in [-0.25, -0.2) is 0 Å². The fourth-order valence-corrected chi connectivity index (χ4v) is 9.78. The second-order valence-corrected chi connectivity index (χ2v) is 19.0. The van der Waals surface area contributed by atoms with Crippen molar-refractivity contribution < 1.29 is 0 Å². The van der Waals surface area contributed by atoms with Crippen LogP contribution in [0.3, 0.4) is 0 Å². The summed E-state index contributed by atoms with van der Waals surface area (Å²) in [5.41, 5.74) is 21.7. The minimum Gasteiger partial charge on any atom is -0.310 e. The molecule has 0 atom stereocenters. The summed E-state index contributed by atoms with van der Waals surface area (Å²) >= 11 is 0. The Morgan fingerprint density at radius 1 is 0.203 bits per heavy atom. The molecule has 0 aromatic heterocycles. The number of hydrogen-bond donors (Lipinski definition) is 0. The number of hydrogen-bond acceptors (Lipinski definition) is 4. The van der Waals surface area contributed by atoms with Crippen LogP contribution in [0.1, 0.15) is 27.8 Å². The van der Waals surface area contributed by atoms with E-state index < -0.39 is 0 Å². The van der Waals surface area contributed by atoms with Gasteiger partial charge in [0.1, 0.15) is 0 Å². The second-order valence-electron chi connectivity index (χ2n) is 19.0. The second kappa shape index (κ2) is 21.5. The van der Waals surface area contributed by atoms with E-state index in [4.69, 9.17) is 0 Å². The molecule has 0 bridgehead atoms. The van der Waals surface area contributed by atoms with E-state index in [1.54, 1.807) is 0 Å². The molecular weight excluding hydrogens is 897 g/mol. The Morgan fingerprint density at radius 3 is 0.730 bits per heavy atom. The summed E-state index contributed by atoms with van der Waals surface area (Å²) in [6.45, 7) is 6.41. The van der Waals surface area contributed by atoms with E-state index in [1.807, 2.05) is 0 Å². The van der Waals surface area contributed by atoms with E-state index in [0.29, 0.717) is 0 Å². The van der Waals surface area contributed by atoms with Crippen LogP contribution in [0.2, 0.25) is 0 Å². The highest BCUT2D eigenvalue weighted by Gasteiger charge is 2.19. The number of anilines is 12. The lowest BCUT2D eigenvalue weighted by Crippen LogP contribution is -2.13. The summed E-state index contributed by atoms with van der Waals surface area (Å²) in [6.07, 6.45) is 0.808. The summed E-state index contributed by atoms with van der Waals surface area (Å²) in [5, 5.41) is 0. The van der Waals surface area contributed by atoms with Gasteiger partial charge < -0.3 is 19.6 Å². The van der Waals surface area contributed by atoms with Gasteiger partial charge in [0.15, 0.2) is 0 Å². The average Bonchev–Trinajstić information content (AvgIpc) is 3.45. The lowest BCUT2D eigenvalue weighted by atomic mass is 10.0. The summed E-state index contributed by atoms with van der Waals surface area (Å²) in [7, 11) is 0. The maximum Gasteiger partial charge on any atom is 0.0482 e. The van der Waals surface area contributed by atoms with E-state index in [2.05, 4.69) is 325 Å². The largest absolute Gasteiger partial charge is 0.310 e. The zero-order valence-electron chi connectivity index (χ0n) is 42.1. The summed E-state index contributed by atoms with van der Waals surface area (Å²) in [6, 6.07) is 103.